The number of ether oxygens (including phenoxy) is 1. The third-order valence-corrected chi connectivity index (χ3v) is 3.53. The van der Waals surface area contributed by atoms with E-state index in [2.05, 4.69) is 20.8 Å². The normalized spacial score (nSPS) is 10.7. The van der Waals surface area contributed by atoms with Gasteiger partial charge in [-0.2, -0.15) is 0 Å². The van der Waals surface area contributed by atoms with E-state index in [1.165, 1.54) is 0 Å². The van der Waals surface area contributed by atoms with Gasteiger partial charge in [0.1, 0.15) is 13.3 Å². The van der Waals surface area contributed by atoms with E-state index in [4.69, 9.17) is 4.74 Å². The van der Waals surface area contributed by atoms with Gasteiger partial charge in [0.15, 0.2) is 0 Å². The standard InChI is InChI=1S/C17H27NO3/c1-4-7-11-21-13-18(16(20)12-19)17-14(5-2)9-8-10-15(17)6-3/h8-10,19H,4-7,11-13H2,1-3H3. The molecule has 0 aliphatic heterocycles. The van der Waals surface area contributed by atoms with Gasteiger partial charge in [0.2, 0.25) is 0 Å². The summed E-state index contributed by atoms with van der Waals surface area (Å²) in [5.41, 5.74) is 3.11. The lowest BCUT2D eigenvalue weighted by molar-refractivity contribution is -0.122. The van der Waals surface area contributed by atoms with Crippen LogP contribution in [0.4, 0.5) is 5.69 Å². The minimum Gasteiger partial charge on any atom is -0.387 e. The van der Waals surface area contributed by atoms with Gasteiger partial charge in [-0.25, -0.2) is 0 Å². The topological polar surface area (TPSA) is 49.8 Å². The van der Waals surface area contributed by atoms with Gasteiger partial charge in [-0.3, -0.25) is 9.69 Å². The average Bonchev–Trinajstić information content (AvgIpc) is 2.53. The maximum atomic E-state index is 12.1. The van der Waals surface area contributed by atoms with E-state index in [0.29, 0.717) is 6.61 Å². The predicted molar refractivity (Wildman–Crippen MR) is 85.5 cm³/mol. The Morgan fingerprint density at radius 2 is 1.81 bits per heavy atom. The lowest BCUT2D eigenvalue weighted by atomic mass is 10.0. The summed E-state index contributed by atoms with van der Waals surface area (Å²) in [4.78, 5) is 13.7. The molecule has 21 heavy (non-hydrogen) atoms. The van der Waals surface area contributed by atoms with Gasteiger partial charge in [-0.15, -0.1) is 0 Å². The molecule has 4 heteroatoms. The molecule has 0 aliphatic carbocycles. The van der Waals surface area contributed by atoms with Crippen molar-refractivity contribution >= 4 is 11.6 Å². The van der Waals surface area contributed by atoms with E-state index in [9.17, 15) is 9.90 Å². The molecule has 0 unspecified atom stereocenters. The van der Waals surface area contributed by atoms with Crippen molar-refractivity contribution in [2.75, 3.05) is 24.8 Å². The summed E-state index contributed by atoms with van der Waals surface area (Å²) < 4.78 is 5.61. The van der Waals surface area contributed by atoms with Crippen LogP contribution >= 0.6 is 0 Å². The highest BCUT2D eigenvalue weighted by Gasteiger charge is 2.20. The van der Waals surface area contributed by atoms with Gasteiger partial charge < -0.3 is 9.84 Å². The molecule has 0 saturated heterocycles. The van der Waals surface area contributed by atoms with Crippen LogP contribution in [0.2, 0.25) is 0 Å². The van der Waals surface area contributed by atoms with Crippen molar-refractivity contribution in [3.8, 4) is 0 Å². The Balaban J connectivity index is 3.04. The van der Waals surface area contributed by atoms with E-state index >= 15 is 0 Å². The number of aliphatic hydroxyl groups excluding tert-OH is 1. The summed E-state index contributed by atoms with van der Waals surface area (Å²) in [5.74, 6) is -0.318. The Morgan fingerprint density at radius 1 is 1.19 bits per heavy atom. The van der Waals surface area contributed by atoms with Gasteiger partial charge in [-0.05, 0) is 30.4 Å². The molecule has 1 rings (SSSR count). The average molecular weight is 293 g/mol. The monoisotopic (exact) mass is 293 g/mol. The van der Waals surface area contributed by atoms with Crippen molar-refractivity contribution in [2.45, 2.75) is 46.5 Å². The van der Waals surface area contributed by atoms with Crippen LogP contribution in [0.15, 0.2) is 18.2 Å². The number of benzene rings is 1. The van der Waals surface area contributed by atoms with Crippen molar-refractivity contribution in [1.29, 1.82) is 0 Å². The number of nitrogens with zero attached hydrogens (tertiary/aromatic N) is 1. The molecular weight excluding hydrogens is 266 g/mol. The predicted octanol–water partition coefficient (Wildman–Crippen LogP) is 2.91. The summed E-state index contributed by atoms with van der Waals surface area (Å²) >= 11 is 0. The number of aryl methyl sites for hydroxylation is 2. The van der Waals surface area contributed by atoms with Crippen molar-refractivity contribution in [2.24, 2.45) is 0 Å². The molecule has 0 aliphatic rings. The van der Waals surface area contributed by atoms with Crippen LogP contribution in [-0.2, 0) is 22.4 Å². The molecule has 1 aromatic carbocycles. The third kappa shape index (κ3) is 4.83. The maximum absolute atomic E-state index is 12.1. The molecule has 0 aromatic heterocycles. The Hall–Kier alpha value is -1.39. The van der Waals surface area contributed by atoms with Gasteiger partial charge in [0.25, 0.3) is 5.91 Å². The summed E-state index contributed by atoms with van der Waals surface area (Å²) in [5, 5.41) is 9.25. The van der Waals surface area contributed by atoms with Crippen molar-refractivity contribution in [3.63, 3.8) is 0 Å². The summed E-state index contributed by atoms with van der Waals surface area (Å²) in [6.45, 7) is 6.56. The Morgan fingerprint density at radius 3 is 2.29 bits per heavy atom. The van der Waals surface area contributed by atoms with Crippen LogP contribution in [0.1, 0.15) is 44.7 Å². The number of rotatable bonds is 9. The van der Waals surface area contributed by atoms with E-state index < -0.39 is 6.61 Å². The van der Waals surface area contributed by atoms with Gasteiger partial charge in [-0.1, -0.05) is 45.4 Å². The second-order valence-electron chi connectivity index (χ2n) is 5.00. The van der Waals surface area contributed by atoms with Crippen LogP contribution in [0, 0.1) is 0 Å². The summed E-state index contributed by atoms with van der Waals surface area (Å²) in [6, 6.07) is 6.07. The van der Waals surface area contributed by atoms with Crippen molar-refractivity contribution in [3.05, 3.63) is 29.3 Å². The highest BCUT2D eigenvalue weighted by atomic mass is 16.5. The van der Waals surface area contributed by atoms with Gasteiger partial charge >= 0.3 is 0 Å². The number of carbonyl (C=O) groups is 1. The van der Waals surface area contributed by atoms with E-state index in [-0.39, 0.29) is 12.6 Å². The number of para-hydroxylation sites is 1. The molecule has 0 bridgehead atoms. The summed E-state index contributed by atoms with van der Waals surface area (Å²) in [7, 11) is 0. The highest BCUT2D eigenvalue weighted by molar-refractivity contribution is 5.95. The van der Waals surface area contributed by atoms with E-state index in [1.54, 1.807) is 4.90 Å². The molecule has 1 aromatic rings. The minimum atomic E-state index is -0.502. The van der Waals surface area contributed by atoms with Crippen LogP contribution in [0.25, 0.3) is 0 Å². The largest absolute Gasteiger partial charge is 0.387 e. The second kappa shape index (κ2) is 9.53. The first-order chi connectivity index (χ1) is 10.2. The zero-order chi connectivity index (χ0) is 15.7. The van der Waals surface area contributed by atoms with E-state index in [0.717, 1.165) is 42.5 Å². The molecule has 1 amide bonds. The Labute approximate surface area is 127 Å². The molecule has 0 spiro atoms. The summed E-state index contributed by atoms with van der Waals surface area (Å²) in [6.07, 6.45) is 3.71. The van der Waals surface area contributed by atoms with Crippen molar-refractivity contribution in [1.82, 2.24) is 0 Å². The van der Waals surface area contributed by atoms with Crippen LogP contribution in [0.5, 0.6) is 0 Å². The van der Waals surface area contributed by atoms with Gasteiger partial charge in [0, 0.05) is 6.61 Å². The van der Waals surface area contributed by atoms with Crippen LogP contribution in [0.3, 0.4) is 0 Å². The number of unbranched alkanes of at least 4 members (excludes halogenated alkanes) is 1. The van der Waals surface area contributed by atoms with Crippen LogP contribution < -0.4 is 4.90 Å². The van der Waals surface area contributed by atoms with Gasteiger partial charge in [0.05, 0.1) is 5.69 Å². The SMILES string of the molecule is CCCCOCN(C(=O)CO)c1c(CC)cccc1CC. The molecule has 0 radical (unpaired) electrons. The first kappa shape index (κ1) is 17.7. The Kier molecular flexibility index (Phi) is 8.01. The number of amides is 1. The minimum absolute atomic E-state index is 0.198. The fourth-order valence-corrected chi connectivity index (χ4v) is 2.31. The molecule has 4 nitrogen and oxygen atoms in total. The fraction of sp³-hybridized carbons (Fsp3) is 0.588. The molecule has 0 saturated carbocycles. The number of anilines is 1. The number of hydrogen-bond acceptors (Lipinski definition) is 3. The molecule has 0 atom stereocenters. The number of hydrogen-bond donors (Lipinski definition) is 1. The zero-order valence-electron chi connectivity index (χ0n) is 13.4. The molecule has 0 heterocycles. The smallest absolute Gasteiger partial charge is 0.254 e. The molecule has 0 fully saturated rings. The number of aliphatic hydroxyl groups is 1. The van der Waals surface area contributed by atoms with Crippen LogP contribution in [-0.4, -0.2) is 31.0 Å². The lowest BCUT2D eigenvalue weighted by Gasteiger charge is -2.26. The quantitative estimate of drug-likeness (QED) is 0.562. The Bertz CT molecular complexity index is 423. The first-order valence-electron chi connectivity index (χ1n) is 7.79. The second-order valence-corrected chi connectivity index (χ2v) is 5.00. The van der Waals surface area contributed by atoms with E-state index in [1.807, 2.05) is 18.2 Å². The maximum Gasteiger partial charge on any atom is 0.254 e. The lowest BCUT2D eigenvalue weighted by Crippen LogP contribution is -2.36. The first-order valence-corrected chi connectivity index (χ1v) is 7.79. The van der Waals surface area contributed by atoms with Crippen molar-refractivity contribution < 1.29 is 14.6 Å². The molecule has 118 valence electrons. The fourth-order valence-electron chi connectivity index (χ4n) is 2.31. The third-order valence-electron chi connectivity index (χ3n) is 3.53. The zero-order valence-corrected chi connectivity index (χ0v) is 13.4. The molecule has 1 N–H and O–H groups in total. The highest BCUT2D eigenvalue weighted by Crippen LogP contribution is 2.27. The molecular formula is C17H27NO3. The number of carbonyl (C=O) groups excluding carboxylic acids is 1.